The van der Waals surface area contributed by atoms with Crippen molar-refractivity contribution in [1.82, 2.24) is 24.5 Å². The van der Waals surface area contributed by atoms with Crippen LogP contribution in [0.5, 0.6) is 0 Å². The molecule has 0 amide bonds. The Hall–Kier alpha value is -1.83. The molecule has 8 heteroatoms. The minimum absolute atomic E-state index is 0.0293. The Bertz CT molecular complexity index is 605. The van der Waals surface area contributed by atoms with Crippen LogP contribution in [0.3, 0.4) is 0 Å². The molecule has 0 saturated carbocycles. The molecule has 0 bridgehead atoms. The first-order valence-corrected chi connectivity index (χ1v) is 7.22. The lowest BCUT2D eigenvalue weighted by atomic mass is 10.2. The summed E-state index contributed by atoms with van der Waals surface area (Å²) in [5.74, 6) is 0.153. The van der Waals surface area contributed by atoms with Crippen LogP contribution in [0.2, 0.25) is 0 Å². The molecule has 0 unspecified atom stereocenters. The molecule has 0 aliphatic rings. The summed E-state index contributed by atoms with van der Waals surface area (Å²) in [5.41, 5.74) is 0.895. The van der Waals surface area contributed by atoms with E-state index in [9.17, 15) is 4.79 Å². The van der Waals surface area contributed by atoms with Crippen LogP contribution >= 0.6 is 11.8 Å². The number of aromatic nitrogens is 5. The molecule has 2 aromatic rings. The maximum atomic E-state index is 10.7. The molecule has 2 aromatic heterocycles. The molecule has 1 N–H and O–H groups in total. The predicted octanol–water partition coefficient (Wildman–Crippen LogP) is 1.36. The third-order valence-electron chi connectivity index (χ3n) is 2.68. The van der Waals surface area contributed by atoms with E-state index in [4.69, 9.17) is 5.11 Å². The summed E-state index contributed by atoms with van der Waals surface area (Å²) in [7, 11) is 1.86. The van der Waals surface area contributed by atoms with Crippen LogP contribution < -0.4 is 0 Å². The molecule has 2 rings (SSSR count). The van der Waals surface area contributed by atoms with Gasteiger partial charge in [0.2, 0.25) is 0 Å². The zero-order valence-electron chi connectivity index (χ0n) is 11.6. The fourth-order valence-corrected chi connectivity index (χ4v) is 2.48. The van der Waals surface area contributed by atoms with E-state index in [0.29, 0.717) is 11.7 Å². The molecule has 0 spiro atoms. The fraction of sp³-hybridized carbons (Fsp3) is 0.500. The topological polar surface area (TPSA) is 85.8 Å². The standard InChI is InChI=1S/C12H17N5O2S/c1-8(2)11-13-14-12(20-7-10(18)19)17(11)6-9-4-5-16(3)15-9/h4-5,8H,6-7H2,1-3H3,(H,18,19). The quantitative estimate of drug-likeness (QED) is 0.810. The SMILES string of the molecule is CC(C)c1nnc(SCC(=O)O)n1Cc1ccn(C)n1. The van der Waals surface area contributed by atoms with E-state index in [1.54, 1.807) is 4.68 Å². The lowest BCUT2D eigenvalue weighted by Crippen LogP contribution is -2.10. The number of nitrogens with zero attached hydrogens (tertiary/aromatic N) is 5. The number of carboxylic acid groups (broad SMARTS) is 1. The van der Waals surface area contributed by atoms with Gasteiger partial charge in [-0.05, 0) is 6.07 Å². The molecule has 0 aromatic carbocycles. The van der Waals surface area contributed by atoms with Crippen LogP contribution in [0.4, 0.5) is 0 Å². The molecule has 0 atom stereocenters. The summed E-state index contributed by atoms with van der Waals surface area (Å²) < 4.78 is 3.67. The van der Waals surface area contributed by atoms with Crippen molar-refractivity contribution in [3.05, 3.63) is 23.8 Å². The molecule has 7 nitrogen and oxygen atoms in total. The van der Waals surface area contributed by atoms with E-state index >= 15 is 0 Å². The average Bonchev–Trinajstić information content (AvgIpc) is 2.94. The Labute approximate surface area is 121 Å². The first-order chi connectivity index (χ1) is 9.47. The van der Waals surface area contributed by atoms with Gasteiger partial charge in [-0.15, -0.1) is 10.2 Å². The van der Waals surface area contributed by atoms with Crippen molar-refractivity contribution in [2.75, 3.05) is 5.75 Å². The van der Waals surface area contributed by atoms with Gasteiger partial charge in [0.25, 0.3) is 0 Å². The molecule has 0 fully saturated rings. The highest BCUT2D eigenvalue weighted by Gasteiger charge is 2.17. The first kappa shape index (κ1) is 14.6. The van der Waals surface area contributed by atoms with Crippen LogP contribution in [-0.4, -0.2) is 41.4 Å². The number of hydrogen-bond donors (Lipinski definition) is 1. The minimum Gasteiger partial charge on any atom is -0.481 e. The van der Waals surface area contributed by atoms with Crippen molar-refractivity contribution in [3.63, 3.8) is 0 Å². The summed E-state index contributed by atoms with van der Waals surface area (Å²) in [6, 6.07) is 1.93. The van der Waals surface area contributed by atoms with Gasteiger partial charge < -0.3 is 5.11 Å². The minimum atomic E-state index is -0.867. The second-order valence-corrected chi connectivity index (χ2v) is 5.69. The van der Waals surface area contributed by atoms with Crippen LogP contribution in [0.15, 0.2) is 17.4 Å². The van der Waals surface area contributed by atoms with Crippen molar-refractivity contribution < 1.29 is 9.90 Å². The summed E-state index contributed by atoms with van der Waals surface area (Å²) >= 11 is 1.17. The average molecular weight is 295 g/mol. The monoisotopic (exact) mass is 295 g/mol. The molecule has 0 aliphatic heterocycles. The fourth-order valence-electron chi connectivity index (χ4n) is 1.82. The van der Waals surface area contributed by atoms with E-state index in [1.165, 1.54) is 11.8 Å². The number of aryl methyl sites for hydroxylation is 1. The lowest BCUT2D eigenvalue weighted by molar-refractivity contribution is -0.133. The molecule has 0 saturated heterocycles. The number of carboxylic acids is 1. The van der Waals surface area contributed by atoms with Crippen LogP contribution in [0, 0.1) is 0 Å². The van der Waals surface area contributed by atoms with Gasteiger partial charge in [-0.2, -0.15) is 5.10 Å². The van der Waals surface area contributed by atoms with Crippen molar-refractivity contribution in [1.29, 1.82) is 0 Å². The van der Waals surface area contributed by atoms with E-state index < -0.39 is 5.97 Å². The Morgan fingerprint density at radius 1 is 1.45 bits per heavy atom. The molecule has 0 aliphatic carbocycles. The predicted molar refractivity (Wildman–Crippen MR) is 74.8 cm³/mol. The first-order valence-electron chi connectivity index (χ1n) is 6.23. The second-order valence-electron chi connectivity index (χ2n) is 4.74. The summed E-state index contributed by atoms with van der Waals surface area (Å²) in [6.07, 6.45) is 1.87. The Morgan fingerprint density at radius 2 is 2.20 bits per heavy atom. The van der Waals surface area contributed by atoms with Gasteiger partial charge in [-0.25, -0.2) is 0 Å². The van der Waals surface area contributed by atoms with Crippen molar-refractivity contribution >= 4 is 17.7 Å². The maximum Gasteiger partial charge on any atom is 0.313 e. The van der Waals surface area contributed by atoms with E-state index in [2.05, 4.69) is 15.3 Å². The van der Waals surface area contributed by atoms with Gasteiger partial charge in [-0.1, -0.05) is 25.6 Å². The van der Waals surface area contributed by atoms with Crippen molar-refractivity contribution in [3.8, 4) is 0 Å². The smallest absolute Gasteiger partial charge is 0.313 e. The van der Waals surface area contributed by atoms with Gasteiger partial charge in [0, 0.05) is 19.2 Å². The second kappa shape index (κ2) is 6.08. The van der Waals surface area contributed by atoms with E-state index in [1.807, 2.05) is 37.7 Å². The summed E-state index contributed by atoms with van der Waals surface area (Å²) in [6.45, 7) is 4.61. The summed E-state index contributed by atoms with van der Waals surface area (Å²) in [4.78, 5) is 10.7. The number of rotatable bonds is 6. The molecular formula is C12H17N5O2S. The number of carbonyl (C=O) groups is 1. The van der Waals surface area contributed by atoms with Gasteiger partial charge in [0.1, 0.15) is 5.82 Å². The highest BCUT2D eigenvalue weighted by Crippen LogP contribution is 2.22. The Balaban J connectivity index is 2.26. The van der Waals surface area contributed by atoms with Crippen molar-refractivity contribution in [2.45, 2.75) is 31.5 Å². The van der Waals surface area contributed by atoms with Crippen molar-refractivity contribution in [2.24, 2.45) is 7.05 Å². The number of hydrogen-bond acceptors (Lipinski definition) is 5. The largest absolute Gasteiger partial charge is 0.481 e. The lowest BCUT2D eigenvalue weighted by Gasteiger charge is -2.10. The molecule has 0 radical (unpaired) electrons. The van der Waals surface area contributed by atoms with Crippen LogP contribution in [-0.2, 0) is 18.4 Å². The highest BCUT2D eigenvalue weighted by molar-refractivity contribution is 7.99. The molecule has 108 valence electrons. The summed E-state index contributed by atoms with van der Waals surface area (Å²) in [5, 5.41) is 22.0. The van der Waals surface area contributed by atoms with Gasteiger partial charge >= 0.3 is 5.97 Å². The van der Waals surface area contributed by atoms with Crippen LogP contribution in [0.1, 0.15) is 31.3 Å². The number of aliphatic carboxylic acids is 1. The Morgan fingerprint density at radius 3 is 2.75 bits per heavy atom. The number of thioether (sulfide) groups is 1. The zero-order valence-corrected chi connectivity index (χ0v) is 12.5. The molecule has 20 heavy (non-hydrogen) atoms. The highest BCUT2D eigenvalue weighted by atomic mass is 32.2. The Kier molecular flexibility index (Phi) is 4.43. The van der Waals surface area contributed by atoms with E-state index in [0.717, 1.165) is 11.5 Å². The zero-order chi connectivity index (χ0) is 14.7. The third-order valence-corrected chi connectivity index (χ3v) is 3.63. The maximum absolute atomic E-state index is 10.7. The third kappa shape index (κ3) is 3.38. The van der Waals surface area contributed by atoms with Gasteiger partial charge in [-0.3, -0.25) is 14.0 Å². The molecule has 2 heterocycles. The normalized spacial score (nSPS) is 11.2. The molecular weight excluding hydrogens is 278 g/mol. The van der Waals surface area contributed by atoms with E-state index in [-0.39, 0.29) is 11.7 Å². The van der Waals surface area contributed by atoms with Gasteiger partial charge in [0.05, 0.1) is 18.0 Å². The van der Waals surface area contributed by atoms with Crippen LogP contribution in [0.25, 0.3) is 0 Å². The van der Waals surface area contributed by atoms with Gasteiger partial charge in [0.15, 0.2) is 5.16 Å².